The minimum absolute atomic E-state index is 0.378. The van der Waals surface area contributed by atoms with Gasteiger partial charge in [0.15, 0.2) is 0 Å². The number of rotatable bonds is 3. The molecule has 18 heavy (non-hydrogen) atoms. The van der Waals surface area contributed by atoms with E-state index in [0.717, 1.165) is 5.56 Å². The second-order valence-electron chi connectivity index (χ2n) is 3.81. The highest BCUT2D eigenvalue weighted by Gasteiger charge is 2.06. The molecule has 0 amide bonds. The quantitative estimate of drug-likeness (QED) is 0.781. The van der Waals surface area contributed by atoms with Crippen molar-refractivity contribution in [2.24, 2.45) is 0 Å². The second kappa shape index (κ2) is 5.55. The Kier molecular flexibility index (Phi) is 4.04. The van der Waals surface area contributed by atoms with Crippen molar-refractivity contribution < 1.29 is 4.74 Å². The Labute approximate surface area is 116 Å². The maximum absolute atomic E-state index is 5.91. The maximum Gasteiger partial charge on any atom is 0.224 e. The first-order valence-electron chi connectivity index (χ1n) is 5.56. The molecular formula is C13H12Cl2N2O. The molecule has 0 atom stereocenters. The molecule has 0 fully saturated rings. The largest absolute Gasteiger partial charge is 0.439 e. The van der Waals surface area contributed by atoms with Gasteiger partial charge in [0.1, 0.15) is 16.7 Å². The summed E-state index contributed by atoms with van der Waals surface area (Å²) in [5.74, 6) is 1.80. The van der Waals surface area contributed by atoms with Crippen molar-refractivity contribution in [2.45, 2.75) is 20.3 Å². The van der Waals surface area contributed by atoms with Gasteiger partial charge in [0.05, 0.1) is 0 Å². The van der Waals surface area contributed by atoms with Gasteiger partial charge in [-0.05, 0) is 30.7 Å². The van der Waals surface area contributed by atoms with Crippen LogP contribution in [0.2, 0.25) is 10.2 Å². The number of halogens is 2. The van der Waals surface area contributed by atoms with Gasteiger partial charge in [0.2, 0.25) is 5.88 Å². The van der Waals surface area contributed by atoms with E-state index in [1.165, 1.54) is 0 Å². The molecule has 0 saturated carbocycles. The van der Waals surface area contributed by atoms with Crippen molar-refractivity contribution in [3.63, 3.8) is 0 Å². The Balaban J connectivity index is 2.30. The van der Waals surface area contributed by atoms with Gasteiger partial charge in [-0.25, -0.2) is 4.98 Å². The summed E-state index contributed by atoms with van der Waals surface area (Å²) in [6.45, 7) is 3.88. The van der Waals surface area contributed by atoms with Gasteiger partial charge in [-0.15, -0.1) is 0 Å². The molecule has 1 aromatic carbocycles. The highest BCUT2D eigenvalue weighted by atomic mass is 35.5. The Hall–Kier alpha value is -1.32. The third-order valence-electron chi connectivity index (χ3n) is 2.39. The van der Waals surface area contributed by atoms with Crippen LogP contribution in [0.3, 0.4) is 0 Å². The summed E-state index contributed by atoms with van der Waals surface area (Å²) in [6.07, 6.45) is 0.705. The van der Waals surface area contributed by atoms with E-state index in [-0.39, 0.29) is 0 Å². The molecule has 0 saturated heterocycles. The summed E-state index contributed by atoms with van der Waals surface area (Å²) in [5, 5.41) is 1.05. The molecule has 0 aliphatic carbocycles. The molecule has 2 aromatic rings. The second-order valence-corrected chi connectivity index (χ2v) is 4.63. The van der Waals surface area contributed by atoms with Gasteiger partial charge in [0, 0.05) is 17.5 Å². The van der Waals surface area contributed by atoms with Crippen LogP contribution < -0.4 is 4.74 Å². The van der Waals surface area contributed by atoms with Crippen LogP contribution >= 0.6 is 23.2 Å². The van der Waals surface area contributed by atoms with Crippen LogP contribution in [0.4, 0.5) is 0 Å². The van der Waals surface area contributed by atoms with Crippen LogP contribution in [0.25, 0.3) is 0 Å². The molecule has 94 valence electrons. The Morgan fingerprint density at radius 1 is 1.17 bits per heavy atom. The first-order chi connectivity index (χ1) is 8.58. The van der Waals surface area contributed by atoms with E-state index in [9.17, 15) is 0 Å². The molecule has 0 aliphatic heterocycles. The molecule has 2 rings (SSSR count). The molecule has 0 bridgehead atoms. The molecule has 0 radical (unpaired) electrons. The third-order valence-corrected chi connectivity index (χ3v) is 2.81. The zero-order valence-corrected chi connectivity index (χ0v) is 11.6. The Bertz CT molecular complexity index is 573. The first kappa shape index (κ1) is 13.1. The van der Waals surface area contributed by atoms with Gasteiger partial charge in [0.25, 0.3) is 0 Å². The molecule has 1 heterocycles. The minimum atomic E-state index is 0.378. The van der Waals surface area contributed by atoms with Crippen molar-refractivity contribution >= 4 is 23.2 Å². The molecule has 5 heteroatoms. The number of benzene rings is 1. The van der Waals surface area contributed by atoms with E-state index in [1.807, 2.05) is 19.9 Å². The molecule has 0 spiro atoms. The maximum atomic E-state index is 5.91. The number of aryl methyl sites for hydroxylation is 2. The molecule has 0 unspecified atom stereocenters. The van der Waals surface area contributed by atoms with Gasteiger partial charge >= 0.3 is 0 Å². The summed E-state index contributed by atoms with van der Waals surface area (Å²) in [6, 6.07) is 7.00. The fraction of sp³-hybridized carbons (Fsp3) is 0.231. The van der Waals surface area contributed by atoms with Crippen LogP contribution in [0.15, 0.2) is 24.3 Å². The lowest BCUT2D eigenvalue weighted by Crippen LogP contribution is -1.97. The predicted octanol–water partition coefficient (Wildman–Crippen LogP) is 4.45. The Morgan fingerprint density at radius 3 is 2.61 bits per heavy atom. The molecule has 0 N–H and O–H groups in total. The summed E-state index contributed by atoms with van der Waals surface area (Å²) in [5.41, 5.74) is 0.940. The van der Waals surface area contributed by atoms with Crippen LogP contribution in [0.5, 0.6) is 11.6 Å². The summed E-state index contributed by atoms with van der Waals surface area (Å²) in [7, 11) is 0. The zero-order valence-electron chi connectivity index (χ0n) is 10.1. The summed E-state index contributed by atoms with van der Waals surface area (Å²) >= 11 is 11.8. The van der Waals surface area contributed by atoms with E-state index in [2.05, 4.69) is 9.97 Å². The highest BCUT2D eigenvalue weighted by molar-refractivity contribution is 6.30. The average Bonchev–Trinajstić information content (AvgIpc) is 2.32. The van der Waals surface area contributed by atoms with Gasteiger partial charge in [-0.3, -0.25) is 0 Å². The molecule has 3 nitrogen and oxygen atoms in total. The van der Waals surface area contributed by atoms with Crippen LogP contribution in [0.1, 0.15) is 18.3 Å². The topological polar surface area (TPSA) is 35.0 Å². The SMILES string of the molecule is CCc1nc(Cl)cc(Oc2ccc(Cl)cc2C)n1. The van der Waals surface area contributed by atoms with Gasteiger partial charge in [-0.1, -0.05) is 30.1 Å². The van der Waals surface area contributed by atoms with Crippen LogP contribution in [-0.4, -0.2) is 9.97 Å². The normalized spacial score (nSPS) is 10.4. The lowest BCUT2D eigenvalue weighted by Gasteiger charge is -2.09. The van der Waals surface area contributed by atoms with Gasteiger partial charge < -0.3 is 4.74 Å². The summed E-state index contributed by atoms with van der Waals surface area (Å²) in [4.78, 5) is 8.34. The summed E-state index contributed by atoms with van der Waals surface area (Å²) < 4.78 is 5.69. The first-order valence-corrected chi connectivity index (χ1v) is 6.31. The smallest absolute Gasteiger partial charge is 0.224 e. The van der Waals surface area contributed by atoms with Crippen molar-refractivity contribution in [3.05, 3.63) is 45.8 Å². The Morgan fingerprint density at radius 2 is 1.94 bits per heavy atom. The monoisotopic (exact) mass is 282 g/mol. The van der Waals surface area contributed by atoms with E-state index in [4.69, 9.17) is 27.9 Å². The number of hydrogen-bond acceptors (Lipinski definition) is 3. The average molecular weight is 283 g/mol. The molecule has 0 aliphatic rings. The van der Waals surface area contributed by atoms with E-state index >= 15 is 0 Å². The number of nitrogens with zero attached hydrogens (tertiary/aromatic N) is 2. The number of aromatic nitrogens is 2. The van der Waals surface area contributed by atoms with Crippen molar-refractivity contribution in [1.29, 1.82) is 0 Å². The van der Waals surface area contributed by atoms with E-state index in [0.29, 0.717) is 34.1 Å². The standard InChI is InChI=1S/C13H12Cl2N2O/c1-3-12-16-11(15)7-13(17-12)18-10-5-4-9(14)6-8(10)2/h4-7H,3H2,1-2H3. The number of hydrogen-bond donors (Lipinski definition) is 0. The third kappa shape index (κ3) is 3.12. The van der Waals surface area contributed by atoms with E-state index < -0.39 is 0 Å². The van der Waals surface area contributed by atoms with Crippen molar-refractivity contribution in [2.75, 3.05) is 0 Å². The lowest BCUT2D eigenvalue weighted by atomic mass is 10.2. The number of ether oxygens (including phenoxy) is 1. The van der Waals surface area contributed by atoms with Crippen molar-refractivity contribution in [3.8, 4) is 11.6 Å². The van der Waals surface area contributed by atoms with Crippen molar-refractivity contribution in [1.82, 2.24) is 9.97 Å². The predicted molar refractivity (Wildman–Crippen MR) is 72.7 cm³/mol. The zero-order chi connectivity index (χ0) is 13.1. The highest BCUT2D eigenvalue weighted by Crippen LogP contribution is 2.27. The van der Waals surface area contributed by atoms with Crippen LogP contribution in [0, 0.1) is 6.92 Å². The molecule has 1 aromatic heterocycles. The minimum Gasteiger partial charge on any atom is -0.439 e. The van der Waals surface area contributed by atoms with Gasteiger partial charge in [-0.2, -0.15) is 4.98 Å². The fourth-order valence-electron chi connectivity index (χ4n) is 1.49. The van der Waals surface area contributed by atoms with Crippen LogP contribution in [-0.2, 0) is 6.42 Å². The molecular weight excluding hydrogens is 271 g/mol. The lowest BCUT2D eigenvalue weighted by molar-refractivity contribution is 0.455. The fourth-order valence-corrected chi connectivity index (χ4v) is 1.91. The van der Waals surface area contributed by atoms with E-state index in [1.54, 1.807) is 18.2 Å².